The first-order chi connectivity index (χ1) is 26.2. The molecule has 7 aromatic carbocycles. The largest absolute Gasteiger partial charge is 0.355 e. The molecule has 10 rings (SSSR count). The predicted molar refractivity (Wildman–Crippen MR) is 229 cm³/mol. The average Bonchev–Trinajstić information content (AvgIpc) is 3.73. The fourth-order valence-electron chi connectivity index (χ4n) is 8.41. The molecule has 3 nitrogen and oxygen atoms in total. The van der Waals surface area contributed by atoms with Crippen molar-refractivity contribution in [3.63, 3.8) is 0 Å². The van der Waals surface area contributed by atoms with E-state index in [1.54, 1.807) is 11.8 Å². The summed E-state index contributed by atoms with van der Waals surface area (Å²) in [4.78, 5) is 1.02. The third-order valence-corrected chi connectivity index (χ3v) is 11.5. The smallest absolute Gasteiger partial charge is 0.0542 e. The summed E-state index contributed by atoms with van der Waals surface area (Å²) < 4.78 is 4.94. The molecule has 0 spiro atoms. The molecule has 1 aliphatic carbocycles. The van der Waals surface area contributed by atoms with Crippen molar-refractivity contribution in [2.24, 2.45) is 0 Å². The molecule has 0 saturated carbocycles. The number of anilines is 2. The molecule has 0 radical (unpaired) electrons. The van der Waals surface area contributed by atoms with Crippen molar-refractivity contribution < 1.29 is 0 Å². The summed E-state index contributed by atoms with van der Waals surface area (Å²) in [6.45, 7) is 4.17. The lowest BCUT2D eigenvalue weighted by atomic mass is 9.88. The van der Waals surface area contributed by atoms with Crippen LogP contribution in [0.3, 0.4) is 0 Å². The number of hydrogen-bond acceptors (Lipinski definition) is 2. The highest BCUT2D eigenvalue weighted by Gasteiger charge is 2.25. The van der Waals surface area contributed by atoms with Crippen LogP contribution in [0, 0.1) is 0 Å². The van der Waals surface area contributed by atoms with Crippen molar-refractivity contribution in [2.75, 3.05) is 11.6 Å². The van der Waals surface area contributed by atoms with Gasteiger partial charge in [0.05, 0.1) is 22.2 Å². The number of rotatable bonds is 7. The van der Waals surface area contributed by atoms with Gasteiger partial charge in [0.2, 0.25) is 0 Å². The van der Waals surface area contributed by atoms with E-state index >= 15 is 0 Å². The highest BCUT2D eigenvalue weighted by molar-refractivity contribution is 8.02. The average molecular weight is 700 g/mol. The van der Waals surface area contributed by atoms with Crippen molar-refractivity contribution in [2.45, 2.75) is 12.8 Å². The summed E-state index contributed by atoms with van der Waals surface area (Å²) in [5.41, 5.74) is 14.9. The minimum atomic E-state index is 1.02. The Morgan fingerprint density at radius 2 is 1.32 bits per heavy atom. The van der Waals surface area contributed by atoms with Crippen LogP contribution in [0.2, 0.25) is 0 Å². The number of nitrogens with one attached hydrogen (secondary N) is 1. The summed E-state index contributed by atoms with van der Waals surface area (Å²) in [6.07, 6.45) is 8.38. The Labute approximate surface area is 313 Å². The molecule has 1 N–H and O–H groups in total. The van der Waals surface area contributed by atoms with E-state index in [-0.39, 0.29) is 0 Å². The van der Waals surface area contributed by atoms with E-state index in [1.165, 1.54) is 71.6 Å². The van der Waals surface area contributed by atoms with Gasteiger partial charge < -0.3 is 14.5 Å². The quantitative estimate of drug-likeness (QED) is 0.167. The summed E-state index contributed by atoms with van der Waals surface area (Å²) >= 11 is 1.66. The molecule has 4 heteroatoms. The Morgan fingerprint density at radius 1 is 0.623 bits per heavy atom. The van der Waals surface area contributed by atoms with Gasteiger partial charge in [0.1, 0.15) is 0 Å². The van der Waals surface area contributed by atoms with Crippen molar-refractivity contribution >= 4 is 72.7 Å². The summed E-state index contributed by atoms with van der Waals surface area (Å²) in [7, 11) is 0. The maximum absolute atomic E-state index is 4.17. The molecule has 0 amide bonds. The van der Waals surface area contributed by atoms with Crippen LogP contribution >= 0.6 is 11.8 Å². The van der Waals surface area contributed by atoms with Crippen LogP contribution < -0.4 is 5.32 Å². The Balaban J connectivity index is 1.14. The first-order valence-electron chi connectivity index (χ1n) is 18.2. The van der Waals surface area contributed by atoms with Crippen molar-refractivity contribution in [1.29, 1.82) is 0 Å². The molecule has 0 bridgehead atoms. The second-order valence-corrected chi connectivity index (χ2v) is 14.7. The van der Waals surface area contributed by atoms with Crippen LogP contribution in [0.25, 0.3) is 72.1 Å². The molecular formula is C49H37N3S. The Hall–Kier alpha value is -6.23. The zero-order chi connectivity index (χ0) is 35.5. The summed E-state index contributed by atoms with van der Waals surface area (Å²) in [6, 6.07) is 55.4. The van der Waals surface area contributed by atoms with E-state index in [9.17, 15) is 0 Å². The topological polar surface area (TPSA) is 21.9 Å². The first kappa shape index (κ1) is 31.5. The zero-order valence-corrected chi connectivity index (χ0v) is 30.3. The van der Waals surface area contributed by atoms with Gasteiger partial charge >= 0.3 is 0 Å². The van der Waals surface area contributed by atoms with Gasteiger partial charge in [-0.05, 0) is 107 Å². The highest BCUT2D eigenvalue weighted by atomic mass is 32.2. The van der Waals surface area contributed by atoms with Crippen molar-refractivity contribution in [3.05, 3.63) is 186 Å². The molecule has 0 unspecified atom stereocenters. The van der Waals surface area contributed by atoms with Crippen LogP contribution in [0.1, 0.15) is 16.8 Å². The molecule has 53 heavy (non-hydrogen) atoms. The SMILES string of the molecule is C=C(/C=C\c1ccc2cc(-n3c4ccccc4c4cc(-n5c6c(c7ccccc75)-c5ccccc5CC6)ccc43)ccc2c1Nc1ccccc1)SC. The predicted octanol–water partition coefficient (Wildman–Crippen LogP) is 13.3. The van der Waals surface area contributed by atoms with Gasteiger partial charge in [0.25, 0.3) is 0 Å². The van der Waals surface area contributed by atoms with Crippen LogP contribution in [0.15, 0.2) is 169 Å². The van der Waals surface area contributed by atoms with Gasteiger partial charge in [0, 0.05) is 49.9 Å². The molecule has 254 valence electrons. The fraction of sp³-hybridized carbons (Fsp3) is 0.0612. The maximum Gasteiger partial charge on any atom is 0.0542 e. The van der Waals surface area contributed by atoms with Crippen LogP contribution in [0.5, 0.6) is 0 Å². The summed E-state index contributed by atoms with van der Waals surface area (Å²) in [5.74, 6) is 0. The zero-order valence-electron chi connectivity index (χ0n) is 29.5. The Kier molecular flexibility index (Phi) is 7.59. The standard InChI is InChI=1S/C49H37N3S/c1-32(53-2)20-21-34-22-23-35-30-37(25-27-40(35)49(34)50-36-13-4-3-5-14-36)51-44-18-10-8-16-41(44)43-31-38(26-29-46(43)51)52-45-19-11-9-17-42(45)48-39-15-7-6-12-33(39)24-28-47(48)52/h3-23,25-27,29-31,50H,1,24,28H2,2H3/b21-20-. The van der Waals surface area contributed by atoms with Gasteiger partial charge in [-0.25, -0.2) is 0 Å². The minimum Gasteiger partial charge on any atom is -0.355 e. The van der Waals surface area contributed by atoms with Gasteiger partial charge in [0.15, 0.2) is 0 Å². The van der Waals surface area contributed by atoms with Crippen LogP contribution in [-0.4, -0.2) is 15.4 Å². The monoisotopic (exact) mass is 699 g/mol. The van der Waals surface area contributed by atoms with Crippen molar-refractivity contribution in [1.82, 2.24) is 9.13 Å². The lowest BCUT2D eigenvalue weighted by Crippen LogP contribution is -2.08. The van der Waals surface area contributed by atoms with Crippen molar-refractivity contribution in [3.8, 4) is 22.5 Å². The number of aryl methyl sites for hydroxylation is 1. The second kappa shape index (κ2) is 12.8. The van der Waals surface area contributed by atoms with E-state index in [0.717, 1.165) is 40.4 Å². The molecular weight excluding hydrogens is 663 g/mol. The molecule has 0 atom stereocenters. The number of aromatic nitrogens is 2. The maximum atomic E-state index is 4.17. The molecule has 2 aromatic heterocycles. The number of para-hydroxylation sites is 3. The van der Waals surface area contributed by atoms with E-state index in [1.807, 2.05) is 6.07 Å². The third kappa shape index (κ3) is 5.21. The molecule has 0 fully saturated rings. The lowest BCUT2D eigenvalue weighted by Gasteiger charge is -2.19. The van der Waals surface area contributed by atoms with Crippen LogP contribution in [0.4, 0.5) is 11.4 Å². The number of nitrogens with zero attached hydrogens (tertiary/aromatic N) is 2. The Morgan fingerprint density at radius 3 is 2.17 bits per heavy atom. The second-order valence-electron chi connectivity index (χ2n) is 13.8. The lowest BCUT2D eigenvalue weighted by molar-refractivity contribution is 0.866. The number of fused-ring (bicyclic) bond motifs is 9. The van der Waals surface area contributed by atoms with Gasteiger partial charge in [-0.2, -0.15) is 0 Å². The summed E-state index contributed by atoms with van der Waals surface area (Å²) in [5, 5.41) is 9.90. The van der Waals surface area contributed by atoms with E-state index < -0.39 is 0 Å². The fourth-order valence-corrected chi connectivity index (χ4v) is 8.61. The third-order valence-electron chi connectivity index (χ3n) is 10.9. The highest BCUT2D eigenvalue weighted by Crippen LogP contribution is 2.43. The molecule has 0 saturated heterocycles. The number of benzene rings is 7. The van der Waals surface area contributed by atoms with E-state index in [0.29, 0.717) is 0 Å². The molecule has 9 aromatic rings. The number of allylic oxidation sites excluding steroid dienone is 1. The van der Waals surface area contributed by atoms with Gasteiger partial charge in [-0.1, -0.05) is 110 Å². The molecule has 0 aliphatic heterocycles. The Bertz CT molecular complexity index is 2930. The van der Waals surface area contributed by atoms with Crippen LogP contribution in [-0.2, 0) is 12.8 Å². The molecule has 1 aliphatic rings. The number of thioether (sulfide) groups is 1. The number of hydrogen-bond donors (Lipinski definition) is 1. The van der Waals surface area contributed by atoms with E-state index in [4.69, 9.17) is 0 Å². The van der Waals surface area contributed by atoms with E-state index in [2.05, 4.69) is 185 Å². The van der Waals surface area contributed by atoms with Gasteiger partial charge in [-0.3, -0.25) is 0 Å². The first-order valence-corrected chi connectivity index (χ1v) is 19.4. The normalized spacial score (nSPS) is 12.5. The minimum absolute atomic E-state index is 1.02. The van der Waals surface area contributed by atoms with Gasteiger partial charge in [-0.15, -0.1) is 11.8 Å². The molecule has 2 heterocycles.